The Labute approximate surface area is 225 Å². The molecule has 2 aliphatic heterocycles. The molecule has 0 radical (unpaired) electrons. The Hall–Kier alpha value is -3.23. The number of imidazole rings is 1. The lowest BCUT2D eigenvalue weighted by Gasteiger charge is -2.36. The van der Waals surface area contributed by atoms with Gasteiger partial charge in [0.2, 0.25) is 11.7 Å². The number of benzene rings is 2. The Bertz CT molecular complexity index is 1210. The van der Waals surface area contributed by atoms with Crippen molar-refractivity contribution in [2.75, 3.05) is 65.4 Å². The number of likely N-dealkylation sites (tertiary alicyclic amines) is 1. The van der Waals surface area contributed by atoms with E-state index in [9.17, 15) is 9.59 Å². The molecule has 38 heavy (non-hydrogen) atoms. The summed E-state index contributed by atoms with van der Waals surface area (Å²) in [7, 11) is 0. The Morgan fingerprint density at radius 3 is 2.21 bits per heavy atom. The number of piperazine rings is 1. The molecule has 2 amide bonds. The molecule has 0 saturated carbocycles. The first-order valence-corrected chi connectivity index (χ1v) is 14.1. The van der Waals surface area contributed by atoms with Gasteiger partial charge in [0, 0.05) is 52.4 Å². The van der Waals surface area contributed by atoms with Crippen LogP contribution in [0.5, 0.6) is 0 Å². The van der Waals surface area contributed by atoms with Gasteiger partial charge in [0.1, 0.15) is 6.54 Å². The van der Waals surface area contributed by atoms with Crippen LogP contribution in [0.4, 0.5) is 0 Å². The summed E-state index contributed by atoms with van der Waals surface area (Å²) in [6, 6.07) is 18.0. The van der Waals surface area contributed by atoms with Crippen LogP contribution in [0.25, 0.3) is 11.0 Å². The number of nitrogens with zero attached hydrogens (tertiary/aromatic N) is 6. The molecule has 3 aromatic rings. The highest BCUT2D eigenvalue weighted by Gasteiger charge is 2.28. The number of hydrogen-bond donors (Lipinski definition) is 0. The maximum Gasteiger partial charge on any atom is 0.290 e. The lowest BCUT2D eigenvalue weighted by Crippen LogP contribution is -2.52. The summed E-state index contributed by atoms with van der Waals surface area (Å²) in [6.07, 6.45) is 3.41. The van der Waals surface area contributed by atoms with Crippen LogP contribution in [0.2, 0.25) is 0 Å². The van der Waals surface area contributed by atoms with Crippen LogP contribution in [0, 0.1) is 0 Å². The quantitative estimate of drug-likeness (QED) is 0.414. The third-order valence-electron chi connectivity index (χ3n) is 7.79. The third kappa shape index (κ3) is 6.25. The van der Waals surface area contributed by atoms with Crippen LogP contribution >= 0.6 is 0 Å². The molecule has 2 fully saturated rings. The molecule has 0 atom stereocenters. The molecule has 2 aromatic carbocycles. The van der Waals surface area contributed by atoms with Crippen molar-refractivity contribution in [3.63, 3.8) is 0 Å². The number of fused-ring (bicyclic) bond motifs is 1. The van der Waals surface area contributed by atoms with Gasteiger partial charge in [0.25, 0.3) is 5.91 Å². The summed E-state index contributed by atoms with van der Waals surface area (Å²) in [5.41, 5.74) is 2.82. The van der Waals surface area contributed by atoms with Crippen molar-refractivity contribution in [3.05, 3.63) is 66.0 Å². The molecule has 5 rings (SSSR count). The molecule has 1 aromatic heterocycles. The SMILES string of the molecule is CCCN(CC(=O)N1CCN(CCN2CCCC2)CC1)C(=O)c1nc2ccccc2n1Cc1ccccc1. The Balaban J connectivity index is 1.25. The van der Waals surface area contributed by atoms with Crippen LogP contribution in [-0.4, -0.2) is 106 Å². The summed E-state index contributed by atoms with van der Waals surface area (Å²) >= 11 is 0. The van der Waals surface area contributed by atoms with Crippen molar-refractivity contribution in [2.45, 2.75) is 32.7 Å². The lowest BCUT2D eigenvalue weighted by molar-refractivity contribution is -0.133. The molecule has 2 saturated heterocycles. The van der Waals surface area contributed by atoms with Crippen molar-refractivity contribution in [1.82, 2.24) is 29.2 Å². The second-order valence-corrected chi connectivity index (χ2v) is 10.5. The minimum atomic E-state index is -0.184. The number of para-hydroxylation sites is 2. The first-order chi connectivity index (χ1) is 18.6. The van der Waals surface area contributed by atoms with Gasteiger partial charge in [-0.15, -0.1) is 0 Å². The van der Waals surface area contributed by atoms with Crippen LogP contribution < -0.4 is 0 Å². The van der Waals surface area contributed by atoms with E-state index in [-0.39, 0.29) is 18.4 Å². The molecule has 0 spiro atoms. The summed E-state index contributed by atoms with van der Waals surface area (Å²) in [5.74, 6) is 0.233. The van der Waals surface area contributed by atoms with Crippen molar-refractivity contribution >= 4 is 22.8 Å². The topological polar surface area (TPSA) is 64.9 Å². The summed E-state index contributed by atoms with van der Waals surface area (Å²) < 4.78 is 1.99. The standard InChI is InChI=1S/C30H40N6O2/c1-2-14-35(24-28(37)34-21-19-33(20-22-34)18-17-32-15-8-9-16-32)30(38)29-31-26-12-6-7-13-27(26)36(29)23-25-10-4-3-5-11-25/h3-7,10-13H,2,8-9,14-24H2,1H3. The van der Waals surface area contributed by atoms with Gasteiger partial charge in [-0.3, -0.25) is 14.5 Å². The molecule has 202 valence electrons. The second-order valence-electron chi connectivity index (χ2n) is 10.5. The molecular weight excluding hydrogens is 476 g/mol. The first-order valence-electron chi connectivity index (χ1n) is 14.1. The first kappa shape index (κ1) is 26.4. The largest absolute Gasteiger partial charge is 0.339 e. The smallest absolute Gasteiger partial charge is 0.290 e. The number of aromatic nitrogens is 2. The predicted molar refractivity (Wildman–Crippen MR) is 150 cm³/mol. The number of hydrogen-bond acceptors (Lipinski definition) is 5. The summed E-state index contributed by atoms with van der Waals surface area (Å²) in [4.78, 5) is 40.5. The molecule has 3 heterocycles. The zero-order valence-corrected chi connectivity index (χ0v) is 22.6. The fourth-order valence-electron chi connectivity index (χ4n) is 5.60. The third-order valence-corrected chi connectivity index (χ3v) is 7.79. The fraction of sp³-hybridized carbons (Fsp3) is 0.500. The van der Waals surface area contributed by atoms with E-state index < -0.39 is 0 Å². The van der Waals surface area contributed by atoms with Gasteiger partial charge < -0.3 is 19.3 Å². The molecule has 0 unspecified atom stereocenters. The summed E-state index contributed by atoms with van der Waals surface area (Å²) in [6.45, 7) is 11.1. The second kappa shape index (κ2) is 12.5. The normalized spacial score (nSPS) is 16.8. The average Bonchev–Trinajstić information content (AvgIpc) is 3.60. The molecule has 8 nitrogen and oxygen atoms in total. The van der Waals surface area contributed by atoms with E-state index in [1.54, 1.807) is 4.90 Å². The maximum absolute atomic E-state index is 13.9. The molecule has 2 aliphatic rings. The lowest BCUT2D eigenvalue weighted by atomic mass is 10.2. The van der Waals surface area contributed by atoms with Crippen molar-refractivity contribution in [2.24, 2.45) is 0 Å². The van der Waals surface area contributed by atoms with E-state index >= 15 is 0 Å². The van der Waals surface area contributed by atoms with E-state index in [1.165, 1.54) is 25.9 Å². The van der Waals surface area contributed by atoms with Gasteiger partial charge in [-0.25, -0.2) is 4.98 Å². The zero-order chi connectivity index (χ0) is 26.3. The van der Waals surface area contributed by atoms with Gasteiger partial charge in [0.15, 0.2) is 0 Å². The minimum Gasteiger partial charge on any atom is -0.339 e. The molecule has 8 heteroatoms. The highest BCUT2D eigenvalue weighted by Crippen LogP contribution is 2.20. The van der Waals surface area contributed by atoms with Gasteiger partial charge in [-0.2, -0.15) is 0 Å². The monoisotopic (exact) mass is 516 g/mol. The Morgan fingerprint density at radius 1 is 0.842 bits per heavy atom. The van der Waals surface area contributed by atoms with Crippen molar-refractivity contribution in [3.8, 4) is 0 Å². The van der Waals surface area contributed by atoms with E-state index in [2.05, 4.69) is 21.9 Å². The minimum absolute atomic E-state index is 0.0247. The van der Waals surface area contributed by atoms with Gasteiger partial charge >= 0.3 is 0 Å². The van der Waals surface area contributed by atoms with E-state index in [0.29, 0.717) is 18.9 Å². The Kier molecular flexibility index (Phi) is 8.71. The van der Waals surface area contributed by atoms with Gasteiger partial charge in [0.05, 0.1) is 11.0 Å². The highest BCUT2D eigenvalue weighted by molar-refractivity contribution is 5.97. The zero-order valence-electron chi connectivity index (χ0n) is 22.6. The van der Waals surface area contributed by atoms with Crippen LogP contribution in [0.15, 0.2) is 54.6 Å². The highest BCUT2D eigenvalue weighted by atomic mass is 16.2. The average molecular weight is 517 g/mol. The predicted octanol–water partition coefficient (Wildman–Crippen LogP) is 3.18. The van der Waals surface area contributed by atoms with Crippen LogP contribution in [-0.2, 0) is 11.3 Å². The van der Waals surface area contributed by atoms with E-state index in [4.69, 9.17) is 4.98 Å². The molecular formula is C30H40N6O2. The molecule has 0 N–H and O–H groups in total. The van der Waals surface area contributed by atoms with E-state index in [1.807, 2.05) is 58.9 Å². The maximum atomic E-state index is 13.9. The van der Waals surface area contributed by atoms with E-state index in [0.717, 1.165) is 62.3 Å². The summed E-state index contributed by atoms with van der Waals surface area (Å²) in [5, 5.41) is 0. The Morgan fingerprint density at radius 2 is 1.50 bits per heavy atom. The molecule has 0 bridgehead atoms. The van der Waals surface area contributed by atoms with Gasteiger partial charge in [-0.1, -0.05) is 49.4 Å². The number of carbonyl (C=O) groups excluding carboxylic acids is 2. The van der Waals surface area contributed by atoms with Crippen molar-refractivity contribution in [1.29, 1.82) is 0 Å². The van der Waals surface area contributed by atoms with Crippen LogP contribution in [0.1, 0.15) is 42.4 Å². The van der Waals surface area contributed by atoms with Gasteiger partial charge in [-0.05, 0) is 50.0 Å². The van der Waals surface area contributed by atoms with Crippen LogP contribution in [0.3, 0.4) is 0 Å². The molecule has 0 aliphatic carbocycles. The number of amides is 2. The van der Waals surface area contributed by atoms with Crippen molar-refractivity contribution < 1.29 is 9.59 Å². The number of carbonyl (C=O) groups is 2. The number of rotatable bonds is 10. The fourth-order valence-corrected chi connectivity index (χ4v) is 5.60.